The summed E-state index contributed by atoms with van der Waals surface area (Å²) in [6.45, 7) is 2.60. The highest BCUT2D eigenvalue weighted by Crippen LogP contribution is 2.05. The summed E-state index contributed by atoms with van der Waals surface area (Å²) in [5.41, 5.74) is 0. The number of unbranched alkanes of at least 4 members (excludes halogenated alkanes) is 4. The van der Waals surface area contributed by atoms with E-state index in [1.54, 1.807) is 12.2 Å². The number of hydrogen-bond acceptors (Lipinski definition) is 4. The topological polar surface area (TPSA) is 66.4 Å². The van der Waals surface area contributed by atoms with Crippen molar-refractivity contribution in [3.8, 4) is 0 Å². The number of nitrogens with zero attached hydrogens (tertiary/aromatic N) is 1. The second-order valence-corrected chi connectivity index (χ2v) is 7.13. The van der Waals surface area contributed by atoms with Gasteiger partial charge in [-0.2, -0.15) is 0 Å². The number of esters is 1. The van der Waals surface area contributed by atoms with Crippen molar-refractivity contribution in [1.82, 2.24) is 0 Å². The summed E-state index contributed by atoms with van der Waals surface area (Å²) < 4.78 is 5.70. The highest BCUT2D eigenvalue weighted by molar-refractivity contribution is 5.82. The van der Waals surface area contributed by atoms with Crippen molar-refractivity contribution in [2.45, 2.75) is 51.6 Å². The van der Waals surface area contributed by atoms with Crippen LogP contribution in [-0.4, -0.2) is 50.2 Å². The number of hydrogen-bond donors (Lipinski definition) is 0. The van der Waals surface area contributed by atoms with Gasteiger partial charge in [0, 0.05) is 18.5 Å². The Hall–Kier alpha value is -1.88. The molecule has 0 saturated carbocycles. The monoisotopic (exact) mass is 351 g/mol. The highest BCUT2D eigenvalue weighted by Gasteiger charge is 2.21. The summed E-state index contributed by atoms with van der Waals surface area (Å²) >= 11 is 0. The molecule has 0 radical (unpaired) electrons. The van der Waals surface area contributed by atoms with Gasteiger partial charge in [0.25, 0.3) is 0 Å². The van der Waals surface area contributed by atoms with E-state index < -0.39 is 18.0 Å². The molecule has 0 fully saturated rings. The highest BCUT2D eigenvalue weighted by atomic mass is 16.5. The molecule has 5 heteroatoms. The number of carboxylic acid groups (broad SMARTS) is 1. The lowest BCUT2D eigenvalue weighted by molar-refractivity contribution is -0.873. The van der Waals surface area contributed by atoms with Gasteiger partial charge in [-0.05, 0) is 12.8 Å². The van der Waals surface area contributed by atoms with Crippen LogP contribution in [0.3, 0.4) is 0 Å². The number of ether oxygens (including phenoxy) is 1. The van der Waals surface area contributed by atoms with Crippen LogP contribution in [0.25, 0.3) is 0 Å². The molecule has 0 N–H and O–H groups in total. The Balaban J connectivity index is 4.22. The fourth-order valence-corrected chi connectivity index (χ4v) is 2.27. The minimum Gasteiger partial charge on any atom is -0.550 e. The maximum atomic E-state index is 11.8. The summed E-state index contributed by atoms with van der Waals surface area (Å²) in [4.78, 5) is 22.5. The van der Waals surface area contributed by atoms with Crippen LogP contribution < -0.4 is 5.11 Å². The first-order valence-corrected chi connectivity index (χ1v) is 8.95. The summed E-state index contributed by atoms with van der Waals surface area (Å²) in [5, 5.41) is 10.8. The average Bonchev–Trinajstić information content (AvgIpc) is 2.46. The van der Waals surface area contributed by atoms with Crippen LogP contribution in [0.15, 0.2) is 36.5 Å². The lowest BCUT2D eigenvalue weighted by Crippen LogP contribution is -2.45. The standard InChI is InChI=1S/C20H33NO4/c1-5-6-7-8-9-10-11-12-13-14-15-20(24)25-18(16-19(22)23)17-21(2,3)4/h10-15,18H,5-9,16-17H2,1-4H3/b11-10+,13-12+,15-14+. The van der Waals surface area contributed by atoms with E-state index in [9.17, 15) is 14.7 Å². The third kappa shape index (κ3) is 16.8. The number of quaternary nitrogens is 1. The minimum atomic E-state index is -1.22. The van der Waals surface area contributed by atoms with Crippen LogP contribution in [0.1, 0.15) is 45.4 Å². The summed E-state index contributed by atoms with van der Waals surface area (Å²) in [5.74, 6) is -1.77. The van der Waals surface area contributed by atoms with Gasteiger partial charge in [0.1, 0.15) is 6.54 Å². The summed E-state index contributed by atoms with van der Waals surface area (Å²) in [7, 11) is 5.72. The number of aliphatic carboxylic acids is 1. The molecular weight excluding hydrogens is 318 g/mol. The van der Waals surface area contributed by atoms with E-state index in [1.165, 1.54) is 31.8 Å². The lowest BCUT2D eigenvalue weighted by Gasteiger charge is -2.28. The maximum absolute atomic E-state index is 11.8. The molecule has 0 aromatic rings. The van der Waals surface area contributed by atoms with Gasteiger partial charge in [0.2, 0.25) is 0 Å². The number of rotatable bonds is 13. The van der Waals surface area contributed by atoms with E-state index in [4.69, 9.17) is 4.74 Å². The average molecular weight is 351 g/mol. The number of allylic oxidation sites excluding steroid dienone is 5. The molecule has 0 spiro atoms. The van der Waals surface area contributed by atoms with Crippen LogP contribution >= 0.6 is 0 Å². The van der Waals surface area contributed by atoms with Crippen molar-refractivity contribution < 1.29 is 23.9 Å². The summed E-state index contributed by atoms with van der Waals surface area (Å²) in [6, 6.07) is 0. The zero-order chi connectivity index (χ0) is 19.1. The van der Waals surface area contributed by atoms with Gasteiger partial charge >= 0.3 is 5.97 Å². The molecule has 1 unspecified atom stereocenters. The molecule has 5 nitrogen and oxygen atoms in total. The van der Waals surface area contributed by atoms with Gasteiger partial charge in [0.05, 0.1) is 21.1 Å². The lowest BCUT2D eigenvalue weighted by atomic mass is 10.1. The number of carboxylic acids is 1. The fourth-order valence-electron chi connectivity index (χ4n) is 2.27. The van der Waals surface area contributed by atoms with Gasteiger partial charge in [-0.3, -0.25) is 0 Å². The Bertz CT molecular complexity index is 473. The van der Waals surface area contributed by atoms with E-state index >= 15 is 0 Å². The molecule has 0 aliphatic heterocycles. The van der Waals surface area contributed by atoms with E-state index in [1.807, 2.05) is 33.3 Å². The molecule has 142 valence electrons. The molecular formula is C20H33NO4. The third-order valence-electron chi connectivity index (χ3n) is 3.35. The van der Waals surface area contributed by atoms with Crippen LogP contribution in [0, 0.1) is 0 Å². The Labute approximate surface area is 152 Å². The van der Waals surface area contributed by atoms with Crippen molar-refractivity contribution in [1.29, 1.82) is 0 Å². The van der Waals surface area contributed by atoms with E-state index in [0.29, 0.717) is 11.0 Å². The number of carbonyl (C=O) groups is 2. The van der Waals surface area contributed by atoms with Gasteiger partial charge in [-0.25, -0.2) is 4.79 Å². The molecule has 0 aliphatic rings. The van der Waals surface area contributed by atoms with Crippen LogP contribution in [0.2, 0.25) is 0 Å². The molecule has 0 heterocycles. The Morgan fingerprint density at radius 2 is 1.72 bits per heavy atom. The minimum absolute atomic E-state index is 0.300. The van der Waals surface area contributed by atoms with Crippen LogP contribution in [0.4, 0.5) is 0 Å². The van der Waals surface area contributed by atoms with Gasteiger partial charge in [-0.1, -0.05) is 56.6 Å². The van der Waals surface area contributed by atoms with Crippen LogP contribution in [0.5, 0.6) is 0 Å². The Morgan fingerprint density at radius 1 is 1.04 bits per heavy atom. The van der Waals surface area contributed by atoms with Gasteiger partial charge < -0.3 is 19.1 Å². The fraction of sp³-hybridized carbons (Fsp3) is 0.600. The van der Waals surface area contributed by atoms with Crippen molar-refractivity contribution >= 4 is 11.9 Å². The molecule has 0 aromatic carbocycles. The Kier molecular flexibility index (Phi) is 12.4. The maximum Gasteiger partial charge on any atom is 0.331 e. The molecule has 0 saturated heterocycles. The first-order valence-electron chi connectivity index (χ1n) is 8.95. The van der Waals surface area contributed by atoms with E-state index in [-0.39, 0.29) is 6.42 Å². The Morgan fingerprint density at radius 3 is 2.32 bits per heavy atom. The van der Waals surface area contributed by atoms with Crippen molar-refractivity contribution in [2.24, 2.45) is 0 Å². The van der Waals surface area contributed by atoms with Crippen LogP contribution in [-0.2, 0) is 14.3 Å². The van der Waals surface area contributed by atoms with Gasteiger partial charge in [-0.15, -0.1) is 0 Å². The molecule has 0 rings (SSSR count). The molecule has 0 amide bonds. The predicted octanol–water partition coefficient (Wildman–Crippen LogP) is 2.38. The zero-order valence-electron chi connectivity index (χ0n) is 16.1. The molecule has 0 bridgehead atoms. The van der Waals surface area contributed by atoms with Gasteiger partial charge in [0.15, 0.2) is 6.10 Å². The van der Waals surface area contributed by atoms with Crippen molar-refractivity contribution in [2.75, 3.05) is 27.7 Å². The quantitative estimate of drug-likeness (QED) is 0.168. The number of likely N-dealkylation sites (N-methyl/N-ethyl adjacent to an activating group) is 1. The molecule has 25 heavy (non-hydrogen) atoms. The SMILES string of the molecule is CCCCCC/C=C/C=C/C=C/C(=O)OC(CC(=O)[O-])C[N+](C)(C)C. The second-order valence-electron chi connectivity index (χ2n) is 7.13. The van der Waals surface area contributed by atoms with Crippen molar-refractivity contribution in [3.63, 3.8) is 0 Å². The third-order valence-corrected chi connectivity index (χ3v) is 3.35. The largest absolute Gasteiger partial charge is 0.550 e. The predicted molar refractivity (Wildman–Crippen MR) is 98.6 cm³/mol. The number of carbonyl (C=O) groups excluding carboxylic acids is 2. The van der Waals surface area contributed by atoms with E-state index in [2.05, 4.69) is 13.0 Å². The second kappa shape index (κ2) is 13.4. The zero-order valence-corrected chi connectivity index (χ0v) is 16.1. The molecule has 0 aliphatic carbocycles. The first kappa shape index (κ1) is 23.1. The van der Waals surface area contributed by atoms with E-state index in [0.717, 1.165) is 6.42 Å². The smallest absolute Gasteiger partial charge is 0.331 e. The van der Waals surface area contributed by atoms with Crippen molar-refractivity contribution in [3.05, 3.63) is 36.5 Å². The molecule has 1 atom stereocenters. The normalized spacial score (nSPS) is 13.8. The molecule has 0 aromatic heterocycles. The summed E-state index contributed by atoms with van der Waals surface area (Å²) in [6.07, 6.45) is 15.6. The first-order chi connectivity index (χ1) is 11.7.